The Morgan fingerprint density at radius 2 is 2.04 bits per heavy atom. The number of amides is 1. The fourth-order valence-corrected chi connectivity index (χ4v) is 3.29. The maximum atomic E-state index is 13.4. The van der Waals surface area contributed by atoms with Gasteiger partial charge in [0.2, 0.25) is 5.91 Å². The van der Waals surface area contributed by atoms with Crippen molar-refractivity contribution in [2.24, 2.45) is 0 Å². The van der Waals surface area contributed by atoms with Crippen molar-refractivity contribution in [1.29, 1.82) is 0 Å². The monoisotopic (exact) mass is 400 g/mol. The second-order valence-corrected chi connectivity index (χ2v) is 6.66. The van der Waals surface area contributed by atoms with Gasteiger partial charge in [-0.25, -0.2) is 9.37 Å². The molecule has 3 rings (SSSR count). The van der Waals surface area contributed by atoms with Crippen molar-refractivity contribution in [1.82, 2.24) is 14.5 Å². The van der Waals surface area contributed by atoms with Gasteiger partial charge in [0.25, 0.3) is 0 Å². The Bertz CT molecular complexity index is 1030. The van der Waals surface area contributed by atoms with E-state index in [1.807, 2.05) is 10.6 Å². The second kappa shape index (κ2) is 8.90. The highest BCUT2D eigenvalue weighted by Crippen LogP contribution is 2.33. The molecule has 1 aromatic carbocycles. The Labute approximate surface area is 167 Å². The molecule has 0 saturated carbocycles. The van der Waals surface area contributed by atoms with E-state index in [0.29, 0.717) is 23.7 Å². The van der Waals surface area contributed by atoms with Gasteiger partial charge in [-0.1, -0.05) is 0 Å². The molecular weight excluding hydrogens is 379 g/mol. The lowest BCUT2D eigenvalue weighted by Crippen LogP contribution is -2.08. The average Bonchev–Trinajstić information content (AvgIpc) is 2.99. The van der Waals surface area contributed by atoms with Crippen LogP contribution in [0.5, 0.6) is 0 Å². The number of benzene rings is 1. The number of halogens is 1. The van der Waals surface area contributed by atoms with Gasteiger partial charge in [0.05, 0.1) is 11.4 Å². The number of methoxy groups -OCH3 is 1. The first-order valence-electron chi connectivity index (χ1n) is 8.81. The summed E-state index contributed by atoms with van der Waals surface area (Å²) in [6, 6.07) is 9.87. The number of hydrogen-bond donors (Lipinski definition) is 2. The lowest BCUT2D eigenvalue weighted by molar-refractivity contribution is -0.114. The molecule has 0 aliphatic heterocycles. The summed E-state index contributed by atoms with van der Waals surface area (Å²) in [5.74, 6) is -0.0553. The Hall–Kier alpha value is -2.84. The summed E-state index contributed by atoms with van der Waals surface area (Å²) >= 11 is 5.55. The van der Waals surface area contributed by atoms with Crippen LogP contribution in [0.3, 0.4) is 0 Å². The minimum atomic E-state index is -0.305. The van der Waals surface area contributed by atoms with Crippen molar-refractivity contribution in [2.45, 2.75) is 19.9 Å². The Balaban J connectivity index is 2.14. The number of hydrogen-bond acceptors (Lipinski definition) is 4. The fourth-order valence-electron chi connectivity index (χ4n) is 3.00. The minimum absolute atomic E-state index is 0.200. The zero-order valence-corrected chi connectivity index (χ0v) is 16.5. The second-order valence-electron chi connectivity index (χ2n) is 6.27. The lowest BCUT2D eigenvalue weighted by Gasteiger charge is -2.12. The number of aromatic nitrogens is 3. The van der Waals surface area contributed by atoms with Crippen molar-refractivity contribution in [3.8, 4) is 22.5 Å². The smallest absolute Gasteiger partial charge is 0.222 e. The summed E-state index contributed by atoms with van der Waals surface area (Å²) < 4.78 is 21.1. The van der Waals surface area contributed by atoms with E-state index in [0.717, 1.165) is 28.9 Å². The first kappa shape index (κ1) is 19.9. The van der Waals surface area contributed by atoms with Crippen LogP contribution in [0, 0.1) is 10.6 Å². The predicted octanol–water partition coefficient (Wildman–Crippen LogP) is 4.41. The molecule has 0 radical (unpaired) electrons. The zero-order chi connectivity index (χ0) is 20.1. The summed E-state index contributed by atoms with van der Waals surface area (Å²) in [4.78, 5) is 18.8. The Kier molecular flexibility index (Phi) is 6.33. The van der Waals surface area contributed by atoms with Crippen LogP contribution in [0.15, 0.2) is 42.6 Å². The van der Waals surface area contributed by atoms with Crippen LogP contribution >= 0.6 is 12.2 Å². The van der Waals surface area contributed by atoms with Crippen LogP contribution in [0.25, 0.3) is 22.5 Å². The van der Waals surface area contributed by atoms with Gasteiger partial charge < -0.3 is 19.6 Å². The van der Waals surface area contributed by atoms with Crippen molar-refractivity contribution in [3.05, 3.63) is 53.2 Å². The van der Waals surface area contributed by atoms with E-state index in [-0.39, 0.29) is 11.7 Å². The minimum Gasteiger partial charge on any atom is -0.385 e. The van der Waals surface area contributed by atoms with Crippen molar-refractivity contribution < 1.29 is 13.9 Å². The van der Waals surface area contributed by atoms with Gasteiger partial charge in [-0.3, -0.25) is 4.79 Å². The van der Waals surface area contributed by atoms with Gasteiger partial charge in [0.15, 0.2) is 4.77 Å². The number of ether oxygens (including phenoxy) is 1. The lowest BCUT2D eigenvalue weighted by atomic mass is 10.1. The van der Waals surface area contributed by atoms with Crippen LogP contribution in [0.2, 0.25) is 0 Å². The number of carbonyl (C=O) groups is 1. The van der Waals surface area contributed by atoms with Crippen molar-refractivity contribution >= 4 is 23.9 Å². The fraction of sp³-hybridized carbons (Fsp3) is 0.250. The predicted molar refractivity (Wildman–Crippen MR) is 109 cm³/mol. The van der Waals surface area contributed by atoms with Gasteiger partial charge in [-0.2, -0.15) is 0 Å². The number of H-pyrrole nitrogens is 1. The molecule has 146 valence electrons. The summed E-state index contributed by atoms with van der Waals surface area (Å²) in [6.45, 7) is 2.68. The van der Waals surface area contributed by atoms with Gasteiger partial charge in [0, 0.05) is 44.5 Å². The van der Waals surface area contributed by atoms with E-state index in [9.17, 15) is 9.18 Å². The molecule has 0 spiro atoms. The average molecular weight is 400 g/mol. The van der Waals surface area contributed by atoms with Crippen LogP contribution < -0.4 is 5.32 Å². The third-order valence-corrected chi connectivity index (χ3v) is 4.51. The van der Waals surface area contributed by atoms with Crippen LogP contribution in [0.1, 0.15) is 13.3 Å². The molecule has 28 heavy (non-hydrogen) atoms. The molecule has 2 heterocycles. The molecular formula is C20H21FN4O2S. The normalized spacial score (nSPS) is 10.8. The quantitative estimate of drug-likeness (QED) is 0.455. The summed E-state index contributed by atoms with van der Waals surface area (Å²) in [5.41, 5.74) is 3.28. The number of rotatable bonds is 7. The highest BCUT2D eigenvalue weighted by atomic mass is 32.1. The Morgan fingerprint density at radius 3 is 2.71 bits per heavy atom. The van der Waals surface area contributed by atoms with Crippen LogP contribution in [-0.4, -0.2) is 34.2 Å². The largest absolute Gasteiger partial charge is 0.385 e. The first-order chi connectivity index (χ1) is 13.5. The molecule has 2 N–H and O–H groups in total. The summed E-state index contributed by atoms with van der Waals surface area (Å²) in [5, 5.41) is 2.70. The molecule has 0 aliphatic rings. The molecule has 2 aromatic heterocycles. The highest BCUT2D eigenvalue weighted by molar-refractivity contribution is 7.71. The number of carbonyl (C=O) groups excluding carboxylic acids is 1. The molecule has 0 atom stereocenters. The third kappa shape index (κ3) is 4.52. The van der Waals surface area contributed by atoms with Gasteiger partial charge in [0.1, 0.15) is 11.6 Å². The molecule has 6 nitrogen and oxygen atoms in total. The van der Waals surface area contributed by atoms with Gasteiger partial charge in [-0.15, -0.1) is 0 Å². The zero-order valence-electron chi connectivity index (χ0n) is 15.7. The Morgan fingerprint density at radius 1 is 1.29 bits per heavy atom. The number of pyridine rings is 1. The molecule has 0 fully saturated rings. The SMILES string of the molecule is COCCCn1c(-c2ccnc(NC(C)=O)c2)c(-c2ccc(F)cc2)[nH]c1=S. The summed E-state index contributed by atoms with van der Waals surface area (Å²) in [6.07, 6.45) is 2.41. The molecule has 3 aromatic rings. The van der Waals surface area contributed by atoms with E-state index in [1.54, 1.807) is 31.5 Å². The van der Waals surface area contributed by atoms with Crippen LogP contribution in [0.4, 0.5) is 10.2 Å². The molecule has 8 heteroatoms. The topological polar surface area (TPSA) is 71.9 Å². The molecule has 1 amide bonds. The molecule has 0 saturated heterocycles. The first-order valence-corrected chi connectivity index (χ1v) is 9.22. The van der Waals surface area contributed by atoms with E-state index >= 15 is 0 Å². The number of aromatic amines is 1. The number of nitrogens with zero attached hydrogens (tertiary/aromatic N) is 2. The van der Waals surface area contributed by atoms with Crippen molar-refractivity contribution in [2.75, 3.05) is 19.0 Å². The number of anilines is 1. The molecule has 0 aliphatic carbocycles. The van der Waals surface area contributed by atoms with Crippen molar-refractivity contribution in [3.63, 3.8) is 0 Å². The van der Waals surface area contributed by atoms with E-state index in [4.69, 9.17) is 17.0 Å². The van der Waals surface area contributed by atoms with E-state index < -0.39 is 0 Å². The van der Waals surface area contributed by atoms with Gasteiger partial charge >= 0.3 is 0 Å². The van der Waals surface area contributed by atoms with E-state index in [2.05, 4.69) is 15.3 Å². The maximum Gasteiger partial charge on any atom is 0.222 e. The standard InChI is InChI=1S/C20H21FN4O2S/c1-13(26)23-17-12-15(8-9-22-17)19-18(14-4-6-16(21)7-5-14)24-20(28)25(19)10-3-11-27-2/h4-9,12H,3,10-11H2,1-2H3,(H,24,28)(H,22,23,26). The number of nitrogens with one attached hydrogen (secondary N) is 2. The van der Waals surface area contributed by atoms with Crippen LogP contribution in [-0.2, 0) is 16.1 Å². The maximum absolute atomic E-state index is 13.4. The molecule has 0 unspecified atom stereocenters. The third-order valence-electron chi connectivity index (χ3n) is 4.18. The molecule has 0 bridgehead atoms. The highest BCUT2D eigenvalue weighted by Gasteiger charge is 2.17. The summed E-state index contributed by atoms with van der Waals surface area (Å²) in [7, 11) is 1.66. The van der Waals surface area contributed by atoms with Gasteiger partial charge in [-0.05, 0) is 55.0 Å². The van der Waals surface area contributed by atoms with E-state index in [1.165, 1.54) is 19.1 Å². The number of imidazole rings is 1.